The summed E-state index contributed by atoms with van der Waals surface area (Å²) in [5.41, 5.74) is 7.44. The van der Waals surface area contributed by atoms with Gasteiger partial charge in [-0.1, -0.05) is 42.5 Å². The molecule has 222 valence electrons. The molecule has 0 saturated carbocycles. The van der Waals surface area contributed by atoms with Gasteiger partial charge in [0, 0.05) is 37.4 Å². The highest BCUT2D eigenvalue weighted by molar-refractivity contribution is 8.93. The zero-order valence-corrected chi connectivity index (χ0v) is 26.1. The molecular formula is C34H44BrN7. The van der Waals surface area contributed by atoms with Crippen LogP contribution in [0.15, 0.2) is 66.9 Å². The molecule has 4 N–H and O–H groups in total. The fraction of sp³-hybridized carbons (Fsp3) is 0.471. The maximum absolute atomic E-state index is 4.93. The highest BCUT2D eigenvalue weighted by Crippen LogP contribution is 2.34. The minimum Gasteiger partial charge on any atom is -0.341 e. The van der Waals surface area contributed by atoms with E-state index < -0.39 is 0 Å². The van der Waals surface area contributed by atoms with Gasteiger partial charge in [-0.25, -0.2) is 4.98 Å². The number of imidazole rings is 1. The third-order valence-corrected chi connectivity index (χ3v) is 9.41. The highest BCUT2D eigenvalue weighted by atomic mass is 79.9. The third-order valence-electron chi connectivity index (χ3n) is 9.41. The van der Waals surface area contributed by atoms with Crippen LogP contribution in [0.4, 0.5) is 0 Å². The first-order valence-electron chi connectivity index (χ1n) is 15.7. The second-order valence-electron chi connectivity index (χ2n) is 12.2. The lowest BCUT2D eigenvalue weighted by Crippen LogP contribution is -2.54. The van der Waals surface area contributed by atoms with Gasteiger partial charge in [-0.05, 0) is 92.9 Å². The Morgan fingerprint density at radius 2 is 1.60 bits per heavy atom. The number of para-hydroxylation sites is 2. The zero-order valence-electron chi connectivity index (χ0n) is 24.4. The highest BCUT2D eigenvalue weighted by Gasteiger charge is 2.32. The Labute approximate surface area is 260 Å². The van der Waals surface area contributed by atoms with E-state index in [2.05, 4.69) is 86.5 Å². The predicted octanol–water partition coefficient (Wildman–Crippen LogP) is 5.58. The van der Waals surface area contributed by atoms with Gasteiger partial charge in [0.15, 0.2) is 0 Å². The number of aryl methyl sites for hydroxylation is 1. The summed E-state index contributed by atoms with van der Waals surface area (Å²) in [6.45, 7) is 4.84. The van der Waals surface area contributed by atoms with Crippen molar-refractivity contribution in [3.8, 4) is 0 Å². The zero-order chi connectivity index (χ0) is 27.4. The molecule has 4 heterocycles. The molecule has 4 aromatic rings. The number of H-pyrrole nitrogens is 1. The molecule has 7 rings (SSSR count). The Bertz CT molecular complexity index is 1380. The van der Waals surface area contributed by atoms with Gasteiger partial charge in [0.2, 0.25) is 0 Å². The van der Waals surface area contributed by atoms with Crippen LogP contribution in [-0.2, 0) is 26.1 Å². The number of aromatic amines is 1. The van der Waals surface area contributed by atoms with Crippen LogP contribution in [0.2, 0.25) is 0 Å². The van der Waals surface area contributed by atoms with Crippen LogP contribution in [-0.4, -0.2) is 51.1 Å². The van der Waals surface area contributed by atoms with E-state index in [4.69, 9.17) is 9.97 Å². The van der Waals surface area contributed by atoms with Crippen LogP contribution in [0.5, 0.6) is 0 Å². The smallest absolute Gasteiger partial charge is 0.121 e. The summed E-state index contributed by atoms with van der Waals surface area (Å²) >= 11 is 0. The largest absolute Gasteiger partial charge is 0.341 e. The van der Waals surface area contributed by atoms with Gasteiger partial charge < -0.3 is 20.9 Å². The Hall–Kier alpha value is -2.62. The van der Waals surface area contributed by atoms with Crippen molar-refractivity contribution < 1.29 is 0 Å². The van der Waals surface area contributed by atoms with Crippen LogP contribution in [0.25, 0.3) is 11.0 Å². The number of nitrogens with zero attached hydrogens (tertiary/aromatic N) is 3. The number of fused-ring (bicyclic) bond motifs is 2. The predicted molar refractivity (Wildman–Crippen MR) is 175 cm³/mol. The molecule has 42 heavy (non-hydrogen) atoms. The van der Waals surface area contributed by atoms with Gasteiger partial charge in [-0.15, -0.1) is 17.0 Å². The van der Waals surface area contributed by atoms with E-state index in [9.17, 15) is 0 Å². The second-order valence-corrected chi connectivity index (χ2v) is 12.2. The molecule has 0 radical (unpaired) electrons. The van der Waals surface area contributed by atoms with E-state index in [1.165, 1.54) is 54.5 Å². The second kappa shape index (κ2) is 13.8. The van der Waals surface area contributed by atoms with Crippen LogP contribution in [0.3, 0.4) is 0 Å². The van der Waals surface area contributed by atoms with Crippen LogP contribution < -0.4 is 16.0 Å². The lowest BCUT2D eigenvalue weighted by atomic mass is 9.90. The quantitative estimate of drug-likeness (QED) is 0.183. The summed E-state index contributed by atoms with van der Waals surface area (Å²) in [4.78, 5) is 15.9. The Morgan fingerprint density at radius 1 is 0.833 bits per heavy atom. The SMILES string of the molecule is Br.c1cnc2c(c1)CCCC2N(Cc1ccc(CNC(C2CCCN2)C2CCCN2)cc1)Cc1nc2ccccc2[nH]1. The first-order chi connectivity index (χ1) is 20.3. The molecule has 2 fully saturated rings. The lowest BCUT2D eigenvalue weighted by molar-refractivity contribution is 0.153. The first-order valence-corrected chi connectivity index (χ1v) is 15.7. The summed E-state index contributed by atoms with van der Waals surface area (Å²) < 4.78 is 0. The molecule has 2 aromatic carbocycles. The average Bonchev–Trinajstić information content (AvgIpc) is 3.80. The van der Waals surface area contributed by atoms with Crippen molar-refractivity contribution in [3.63, 3.8) is 0 Å². The molecule has 3 aliphatic rings. The van der Waals surface area contributed by atoms with Crippen molar-refractivity contribution in [3.05, 3.63) is 95.1 Å². The number of nitrogens with one attached hydrogen (secondary N) is 4. The summed E-state index contributed by atoms with van der Waals surface area (Å²) in [7, 11) is 0. The molecular weight excluding hydrogens is 586 g/mol. The van der Waals surface area contributed by atoms with Gasteiger partial charge in [0.1, 0.15) is 5.82 Å². The van der Waals surface area contributed by atoms with Crippen LogP contribution in [0, 0.1) is 0 Å². The van der Waals surface area contributed by atoms with Crippen molar-refractivity contribution in [1.82, 2.24) is 35.8 Å². The van der Waals surface area contributed by atoms with Gasteiger partial charge >= 0.3 is 0 Å². The topological polar surface area (TPSA) is 80.9 Å². The summed E-state index contributed by atoms with van der Waals surface area (Å²) in [6, 6.07) is 23.8. The number of rotatable bonds is 10. The fourth-order valence-electron chi connectivity index (χ4n) is 7.32. The first kappa shape index (κ1) is 29.5. The van der Waals surface area contributed by atoms with Gasteiger partial charge in [0.25, 0.3) is 0 Å². The summed E-state index contributed by atoms with van der Waals surface area (Å²) in [6.07, 6.45) is 10.5. The molecule has 2 aliphatic heterocycles. The van der Waals surface area contributed by atoms with E-state index in [0.29, 0.717) is 18.1 Å². The van der Waals surface area contributed by atoms with Crippen molar-refractivity contribution >= 4 is 28.0 Å². The van der Waals surface area contributed by atoms with Crippen molar-refractivity contribution in [2.45, 2.75) is 88.7 Å². The molecule has 0 spiro atoms. The monoisotopic (exact) mass is 629 g/mol. The molecule has 7 nitrogen and oxygen atoms in total. The Balaban J connectivity index is 0.00000316. The molecule has 3 unspecified atom stereocenters. The van der Waals surface area contributed by atoms with Gasteiger partial charge in [-0.2, -0.15) is 0 Å². The minimum atomic E-state index is 0. The summed E-state index contributed by atoms with van der Waals surface area (Å²) in [5, 5.41) is 11.4. The molecule has 2 saturated heterocycles. The number of benzene rings is 2. The third kappa shape index (κ3) is 6.63. The maximum Gasteiger partial charge on any atom is 0.121 e. The van der Waals surface area contributed by atoms with E-state index in [1.807, 2.05) is 6.20 Å². The number of aromatic nitrogens is 3. The lowest BCUT2D eigenvalue weighted by Gasteiger charge is -2.34. The van der Waals surface area contributed by atoms with E-state index in [1.54, 1.807) is 0 Å². The number of hydrogen-bond donors (Lipinski definition) is 4. The normalized spacial score (nSPS) is 22.7. The average molecular weight is 631 g/mol. The molecule has 0 bridgehead atoms. The Kier molecular flexibility index (Phi) is 9.66. The van der Waals surface area contributed by atoms with E-state index >= 15 is 0 Å². The molecule has 8 heteroatoms. The van der Waals surface area contributed by atoms with E-state index in [0.717, 1.165) is 62.4 Å². The van der Waals surface area contributed by atoms with E-state index in [-0.39, 0.29) is 23.0 Å². The molecule has 0 amide bonds. The van der Waals surface area contributed by atoms with Gasteiger partial charge in [0.05, 0.1) is 29.3 Å². The molecule has 3 atom stereocenters. The standard InChI is InChI=1S/C34H43N7.BrH/c1-2-10-28-27(9-1)39-32(40-28)23-41(31-13-3-7-26-8-4-20-37-33(26)31)22-25-16-14-24(15-17-25)21-38-34(29-11-5-18-35-29)30-12-6-19-36-30;/h1-2,4,8-10,14-17,20,29-31,34-36,38H,3,5-7,11-13,18-19,21-23H2,(H,39,40);1H. The number of halogens is 1. The fourth-order valence-corrected chi connectivity index (χ4v) is 7.32. The van der Waals surface area contributed by atoms with Gasteiger partial charge in [-0.3, -0.25) is 9.88 Å². The van der Waals surface area contributed by atoms with Crippen molar-refractivity contribution in [2.75, 3.05) is 13.1 Å². The molecule has 1 aliphatic carbocycles. The molecule has 2 aromatic heterocycles. The minimum absolute atomic E-state index is 0. The van der Waals surface area contributed by atoms with Crippen LogP contribution >= 0.6 is 17.0 Å². The van der Waals surface area contributed by atoms with Crippen molar-refractivity contribution in [2.24, 2.45) is 0 Å². The number of hydrogen-bond acceptors (Lipinski definition) is 6. The maximum atomic E-state index is 4.93. The Morgan fingerprint density at radius 3 is 2.33 bits per heavy atom. The van der Waals surface area contributed by atoms with Crippen molar-refractivity contribution in [1.29, 1.82) is 0 Å². The van der Waals surface area contributed by atoms with Crippen LogP contribution in [0.1, 0.15) is 72.8 Å². The summed E-state index contributed by atoms with van der Waals surface area (Å²) in [5.74, 6) is 1.02. The number of pyridine rings is 1.